The van der Waals surface area contributed by atoms with Gasteiger partial charge < -0.3 is 0 Å². The minimum atomic E-state index is 0.725. The van der Waals surface area contributed by atoms with Crippen LogP contribution in [0.5, 0.6) is 0 Å². The molecule has 0 N–H and O–H groups in total. The Labute approximate surface area is 59.7 Å². The van der Waals surface area contributed by atoms with E-state index in [1.807, 2.05) is 5.01 Å². The maximum absolute atomic E-state index is 10.2. The molecule has 56 valence electrons. The molecular formula is C6H11N3O. The maximum Gasteiger partial charge on any atom is 0.0686 e. The van der Waals surface area contributed by atoms with Crippen LogP contribution in [0.25, 0.3) is 0 Å². The normalized spacial score (nSPS) is 38.2. The summed E-state index contributed by atoms with van der Waals surface area (Å²) in [6.07, 6.45) is 2.48. The largest absolute Gasteiger partial charge is 0.202 e. The lowest BCUT2D eigenvalue weighted by Gasteiger charge is -2.43. The third-order valence-electron chi connectivity index (χ3n) is 2.43. The van der Waals surface area contributed by atoms with E-state index in [4.69, 9.17) is 0 Å². The fourth-order valence-corrected chi connectivity index (χ4v) is 1.76. The van der Waals surface area contributed by atoms with E-state index in [1.54, 1.807) is 5.12 Å². The molecule has 0 aromatic rings. The first-order valence-electron chi connectivity index (χ1n) is 3.76. The van der Waals surface area contributed by atoms with Crippen molar-refractivity contribution in [2.45, 2.75) is 12.8 Å². The SMILES string of the molecule is O=NN1CC2CCN1CC2. The van der Waals surface area contributed by atoms with Crippen molar-refractivity contribution in [3.63, 3.8) is 0 Å². The Morgan fingerprint density at radius 2 is 2.00 bits per heavy atom. The third kappa shape index (κ3) is 0.794. The zero-order chi connectivity index (χ0) is 6.97. The van der Waals surface area contributed by atoms with Crippen molar-refractivity contribution in [1.29, 1.82) is 0 Å². The van der Waals surface area contributed by atoms with Gasteiger partial charge in [-0.3, -0.25) is 0 Å². The van der Waals surface area contributed by atoms with Gasteiger partial charge in [0.05, 0.1) is 11.8 Å². The first kappa shape index (κ1) is 6.09. The van der Waals surface area contributed by atoms with Gasteiger partial charge in [0.1, 0.15) is 0 Å². The van der Waals surface area contributed by atoms with Gasteiger partial charge in [0.15, 0.2) is 0 Å². The summed E-state index contributed by atoms with van der Waals surface area (Å²) in [6, 6.07) is 0. The molecule has 3 saturated heterocycles. The topological polar surface area (TPSA) is 35.9 Å². The molecule has 10 heavy (non-hydrogen) atoms. The highest BCUT2D eigenvalue weighted by molar-refractivity contribution is 4.78. The molecule has 0 unspecified atom stereocenters. The first-order valence-corrected chi connectivity index (χ1v) is 3.76. The Bertz CT molecular complexity index is 142. The second-order valence-corrected chi connectivity index (χ2v) is 3.03. The summed E-state index contributed by atoms with van der Waals surface area (Å²) < 4.78 is 0. The molecule has 3 heterocycles. The van der Waals surface area contributed by atoms with Gasteiger partial charge in [-0.25, -0.2) is 5.01 Å². The van der Waals surface area contributed by atoms with Gasteiger partial charge in [-0.15, -0.1) is 4.91 Å². The smallest absolute Gasteiger partial charge is 0.0686 e. The summed E-state index contributed by atoms with van der Waals surface area (Å²) in [6.45, 7) is 2.90. The van der Waals surface area contributed by atoms with Gasteiger partial charge in [-0.2, -0.15) is 5.12 Å². The average Bonchev–Trinajstić information content (AvgIpc) is 2.06. The predicted molar refractivity (Wildman–Crippen MR) is 36.8 cm³/mol. The predicted octanol–water partition coefficient (Wildman–Crippen LogP) is 0.610. The zero-order valence-corrected chi connectivity index (χ0v) is 5.86. The molecule has 3 fully saturated rings. The van der Waals surface area contributed by atoms with E-state index >= 15 is 0 Å². The lowest BCUT2D eigenvalue weighted by molar-refractivity contribution is -0.110. The fourth-order valence-electron chi connectivity index (χ4n) is 1.76. The second-order valence-electron chi connectivity index (χ2n) is 3.03. The van der Waals surface area contributed by atoms with Crippen LogP contribution in [0.2, 0.25) is 0 Å². The number of nitrogens with zero attached hydrogens (tertiary/aromatic N) is 3. The molecule has 2 bridgehead atoms. The Balaban J connectivity index is 2.07. The summed E-state index contributed by atoms with van der Waals surface area (Å²) in [5.74, 6) is 0.725. The minimum absolute atomic E-state index is 0.725. The number of piperidine rings is 1. The van der Waals surface area contributed by atoms with E-state index in [0.29, 0.717) is 0 Å². The monoisotopic (exact) mass is 141 g/mol. The highest BCUT2D eigenvalue weighted by atomic mass is 16.3. The van der Waals surface area contributed by atoms with Gasteiger partial charge in [0.2, 0.25) is 0 Å². The standard InChI is InChI=1S/C6H11N3O/c10-7-9-5-6-1-3-8(9)4-2-6/h6H,1-5H2. The summed E-state index contributed by atoms with van der Waals surface area (Å²) in [5, 5.41) is 6.54. The van der Waals surface area contributed by atoms with Gasteiger partial charge in [-0.05, 0) is 18.8 Å². The van der Waals surface area contributed by atoms with Gasteiger partial charge in [0.25, 0.3) is 0 Å². The Kier molecular flexibility index (Phi) is 1.34. The van der Waals surface area contributed by atoms with Crippen LogP contribution in [-0.2, 0) is 0 Å². The number of hydrogen-bond acceptors (Lipinski definition) is 3. The highest BCUT2D eigenvalue weighted by Gasteiger charge is 2.31. The Hall–Kier alpha value is -0.640. The lowest BCUT2D eigenvalue weighted by Crippen LogP contribution is -2.52. The lowest BCUT2D eigenvalue weighted by atomic mass is 9.95. The fraction of sp³-hybridized carbons (Fsp3) is 1.00. The number of fused-ring (bicyclic) bond motifs is 3. The van der Waals surface area contributed by atoms with Crippen LogP contribution >= 0.6 is 0 Å². The van der Waals surface area contributed by atoms with Crippen molar-refractivity contribution in [2.75, 3.05) is 19.6 Å². The Morgan fingerprint density at radius 3 is 2.30 bits per heavy atom. The van der Waals surface area contributed by atoms with E-state index in [0.717, 1.165) is 25.6 Å². The molecule has 0 aromatic heterocycles. The molecular weight excluding hydrogens is 130 g/mol. The van der Waals surface area contributed by atoms with E-state index < -0.39 is 0 Å². The number of rotatable bonds is 1. The van der Waals surface area contributed by atoms with E-state index in [9.17, 15) is 4.91 Å². The van der Waals surface area contributed by atoms with Gasteiger partial charge in [0, 0.05) is 13.1 Å². The number of hydrazine groups is 1. The number of hydrogen-bond donors (Lipinski definition) is 0. The molecule has 0 aromatic carbocycles. The van der Waals surface area contributed by atoms with Crippen LogP contribution < -0.4 is 0 Å². The summed E-state index contributed by atoms with van der Waals surface area (Å²) in [5.41, 5.74) is 0. The summed E-state index contributed by atoms with van der Waals surface area (Å²) >= 11 is 0. The van der Waals surface area contributed by atoms with Crippen molar-refractivity contribution < 1.29 is 0 Å². The zero-order valence-electron chi connectivity index (χ0n) is 5.86. The first-order chi connectivity index (χ1) is 4.90. The minimum Gasteiger partial charge on any atom is -0.202 e. The molecule has 4 nitrogen and oxygen atoms in total. The molecule has 0 aliphatic carbocycles. The summed E-state index contributed by atoms with van der Waals surface area (Å²) in [4.78, 5) is 10.2. The molecule has 0 atom stereocenters. The van der Waals surface area contributed by atoms with Gasteiger partial charge in [-0.1, -0.05) is 0 Å². The molecule has 4 heteroatoms. The van der Waals surface area contributed by atoms with Crippen molar-refractivity contribution in [1.82, 2.24) is 10.1 Å². The molecule has 0 saturated carbocycles. The molecule has 0 radical (unpaired) electrons. The van der Waals surface area contributed by atoms with E-state index in [2.05, 4.69) is 5.29 Å². The van der Waals surface area contributed by atoms with Crippen LogP contribution in [0.1, 0.15) is 12.8 Å². The average molecular weight is 141 g/mol. The molecule has 0 spiro atoms. The number of nitroso groups, excluding NO2 is 1. The van der Waals surface area contributed by atoms with Crippen molar-refractivity contribution in [2.24, 2.45) is 11.2 Å². The quantitative estimate of drug-likeness (QED) is 0.502. The van der Waals surface area contributed by atoms with E-state index in [-0.39, 0.29) is 0 Å². The van der Waals surface area contributed by atoms with Crippen molar-refractivity contribution in [3.05, 3.63) is 4.91 Å². The van der Waals surface area contributed by atoms with Gasteiger partial charge >= 0.3 is 0 Å². The van der Waals surface area contributed by atoms with Crippen LogP contribution in [-0.4, -0.2) is 29.8 Å². The van der Waals surface area contributed by atoms with Crippen LogP contribution in [0, 0.1) is 10.8 Å². The summed E-state index contributed by atoms with van der Waals surface area (Å²) in [7, 11) is 0. The molecule has 3 rings (SSSR count). The second kappa shape index (κ2) is 2.20. The van der Waals surface area contributed by atoms with Crippen molar-refractivity contribution in [3.8, 4) is 0 Å². The Morgan fingerprint density at radius 1 is 1.30 bits per heavy atom. The molecule has 0 amide bonds. The third-order valence-corrected chi connectivity index (χ3v) is 2.43. The van der Waals surface area contributed by atoms with Crippen LogP contribution in [0.15, 0.2) is 5.29 Å². The highest BCUT2D eigenvalue weighted by Crippen LogP contribution is 2.26. The van der Waals surface area contributed by atoms with E-state index in [1.165, 1.54) is 12.8 Å². The van der Waals surface area contributed by atoms with Crippen LogP contribution in [0.4, 0.5) is 0 Å². The maximum atomic E-state index is 10.2. The molecule has 3 aliphatic rings. The van der Waals surface area contributed by atoms with Crippen LogP contribution in [0.3, 0.4) is 0 Å². The van der Waals surface area contributed by atoms with Crippen molar-refractivity contribution >= 4 is 0 Å². The molecule has 3 aliphatic heterocycles.